The summed E-state index contributed by atoms with van der Waals surface area (Å²) in [4.78, 5) is 4.07. The molecule has 1 atom stereocenters. The van der Waals surface area contributed by atoms with Crippen LogP contribution in [0.2, 0.25) is 0 Å². The molecule has 0 radical (unpaired) electrons. The third kappa shape index (κ3) is 3.20. The summed E-state index contributed by atoms with van der Waals surface area (Å²) >= 11 is 0. The number of halogens is 3. The quantitative estimate of drug-likeness (QED) is 0.326. The van der Waals surface area contributed by atoms with Crippen molar-refractivity contribution in [3.05, 3.63) is 83.9 Å². The minimum atomic E-state index is -4.51. The van der Waals surface area contributed by atoms with Gasteiger partial charge in [-0.05, 0) is 23.6 Å². The maximum atomic E-state index is 13.6. The van der Waals surface area contributed by atoms with E-state index in [4.69, 9.17) is 4.42 Å². The first-order valence-electron chi connectivity index (χ1n) is 9.56. The summed E-state index contributed by atoms with van der Waals surface area (Å²) in [6.45, 7) is 0. The standard InChI is InChI=1S/C23H16F3N3O2/c24-23(25,26)17-8-4-3-7-15(17)16-10-27-11-20-21(16)19(12-31-20)28-18-9-13-5-1-2-6-14(13)22(18)29-30/h1-8,10-12,18,28,30H,9H2. The van der Waals surface area contributed by atoms with Crippen molar-refractivity contribution in [3.63, 3.8) is 0 Å². The monoisotopic (exact) mass is 423 g/mol. The number of aromatic nitrogens is 1. The minimum Gasteiger partial charge on any atom is -0.460 e. The molecule has 2 aromatic heterocycles. The molecule has 5 rings (SSSR count). The molecule has 156 valence electrons. The second-order valence-electron chi connectivity index (χ2n) is 7.30. The number of pyridine rings is 1. The highest BCUT2D eigenvalue weighted by molar-refractivity contribution is 6.11. The Hall–Kier alpha value is -3.81. The highest BCUT2D eigenvalue weighted by Crippen LogP contribution is 2.42. The van der Waals surface area contributed by atoms with E-state index in [2.05, 4.69) is 15.5 Å². The maximum absolute atomic E-state index is 13.6. The lowest BCUT2D eigenvalue weighted by molar-refractivity contribution is -0.137. The zero-order valence-corrected chi connectivity index (χ0v) is 16.0. The highest BCUT2D eigenvalue weighted by Gasteiger charge is 2.34. The second kappa shape index (κ2) is 7.16. The fourth-order valence-corrected chi connectivity index (χ4v) is 4.15. The van der Waals surface area contributed by atoms with Crippen LogP contribution in [-0.4, -0.2) is 21.9 Å². The van der Waals surface area contributed by atoms with Crippen molar-refractivity contribution in [2.24, 2.45) is 5.16 Å². The van der Waals surface area contributed by atoms with Crippen molar-refractivity contribution in [2.45, 2.75) is 18.6 Å². The summed E-state index contributed by atoms with van der Waals surface area (Å²) in [6.07, 6.45) is 0.369. The third-order valence-electron chi connectivity index (χ3n) is 5.49. The summed E-state index contributed by atoms with van der Waals surface area (Å²) < 4.78 is 46.5. The topological polar surface area (TPSA) is 70.7 Å². The number of nitrogens with zero attached hydrogens (tertiary/aromatic N) is 2. The molecule has 0 saturated carbocycles. The predicted octanol–water partition coefficient (Wildman–Crippen LogP) is 5.73. The zero-order chi connectivity index (χ0) is 21.6. The molecule has 0 bridgehead atoms. The lowest BCUT2D eigenvalue weighted by Gasteiger charge is -2.16. The van der Waals surface area contributed by atoms with E-state index in [1.165, 1.54) is 30.8 Å². The van der Waals surface area contributed by atoms with Gasteiger partial charge in [-0.25, -0.2) is 0 Å². The average Bonchev–Trinajstić information content (AvgIpc) is 3.34. The molecule has 2 heterocycles. The Kier molecular flexibility index (Phi) is 4.43. The van der Waals surface area contributed by atoms with Gasteiger partial charge < -0.3 is 14.9 Å². The first kappa shape index (κ1) is 19.2. The predicted molar refractivity (Wildman–Crippen MR) is 110 cm³/mol. The second-order valence-corrected chi connectivity index (χ2v) is 7.30. The number of furan rings is 1. The molecule has 0 spiro atoms. The van der Waals surface area contributed by atoms with Crippen molar-refractivity contribution in [3.8, 4) is 11.1 Å². The molecule has 4 aromatic rings. The molecule has 2 aromatic carbocycles. The van der Waals surface area contributed by atoms with Crippen molar-refractivity contribution >= 4 is 22.4 Å². The van der Waals surface area contributed by atoms with Gasteiger partial charge in [-0.15, -0.1) is 0 Å². The van der Waals surface area contributed by atoms with E-state index in [9.17, 15) is 18.4 Å². The smallest absolute Gasteiger partial charge is 0.417 e. The molecule has 0 fully saturated rings. The van der Waals surface area contributed by atoms with Crippen LogP contribution in [0.15, 0.2) is 76.8 Å². The lowest BCUT2D eigenvalue weighted by Crippen LogP contribution is -2.26. The normalized spacial score (nSPS) is 17.3. The van der Waals surface area contributed by atoms with Gasteiger partial charge in [-0.2, -0.15) is 13.2 Å². The number of anilines is 1. The molecule has 0 amide bonds. The molecule has 2 N–H and O–H groups in total. The number of hydrogen-bond acceptors (Lipinski definition) is 5. The molecule has 8 heteroatoms. The molecular weight excluding hydrogens is 407 g/mol. The van der Waals surface area contributed by atoms with Crippen LogP contribution >= 0.6 is 0 Å². The number of hydrogen-bond donors (Lipinski definition) is 2. The van der Waals surface area contributed by atoms with Gasteiger partial charge in [-0.1, -0.05) is 47.6 Å². The molecule has 1 aliphatic rings. The minimum absolute atomic E-state index is 0.0170. The van der Waals surface area contributed by atoms with Gasteiger partial charge in [0.25, 0.3) is 0 Å². The molecular formula is C23H16F3N3O2. The Bertz CT molecular complexity index is 1310. The average molecular weight is 423 g/mol. The van der Waals surface area contributed by atoms with Crippen LogP contribution in [0.4, 0.5) is 18.9 Å². The summed E-state index contributed by atoms with van der Waals surface area (Å²) in [6, 6.07) is 12.6. The van der Waals surface area contributed by atoms with E-state index < -0.39 is 11.7 Å². The summed E-state index contributed by atoms with van der Waals surface area (Å²) in [7, 11) is 0. The van der Waals surface area contributed by atoms with E-state index in [0.717, 1.165) is 17.2 Å². The van der Waals surface area contributed by atoms with Gasteiger partial charge in [-0.3, -0.25) is 4.98 Å². The summed E-state index contributed by atoms with van der Waals surface area (Å²) in [5.74, 6) is 0. The first-order chi connectivity index (χ1) is 15.0. The number of nitrogens with one attached hydrogen (secondary N) is 1. The van der Waals surface area contributed by atoms with Crippen LogP contribution < -0.4 is 5.32 Å². The molecule has 1 unspecified atom stereocenters. The SMILES string of the molecule is ON=C1c2ccccc2CC1Nc1coc2cncc(-c3ccccc3C(F)(F)F)c12. The molecule has 31 heavy (non-hydrogen) atoms. The molecule has 0 aliphatic heterocycles. The van der Waals surface area contributed by atoms with Crippen LogP contribution in [-0.2, 0) is 12.6 Å². The fraction of sp³-hybridized carbons (Fsp3) is 0.130. The summed E-state index contributed by atoms with van der Waals surface area (Å²) in [5, 5.41) is 16.8. The Labute approximate surface area is 174 Å². The maximum Gasteiger partial charge on any atom is 0.417 e. The first-order valence-corrected chi connectivity index (χ1v) is 9.56. The van der Waals surface area contributed by atoms with Gasteiger partial charge in [0.1, 0.15) is 12.0 Å². The Morgan fingerprint density at radius 1 is 1.00 bits per heavy atom. The zero-order valence-electron chi connectivity index (χ0n) is 16.0. The number of benzene rings is 2. The van der Waals surface area contributed by atoms with E-state index in [1.54, 1.807) is 6.07 Å². The molecule has 5 nitrogen and oxygen atoms in total. The van der Waals surface area contributed by atoms with E-state index in [0.29, 0.717) is 34.4 Å². The van der Waals surface area contributed by atoms with Crippen molar-refractivity contribution in [1.82, 2.24) is 4.98 Å². The van der Waals surface area contributed by atoms with Gasteiger partial charge in [0, 0.05) is 17.3 Å². The number of alkyl halides is 3. The van der Waals surface area contributed by atoms with Crippen molar-refractivity contribution in [1.29, 1.82) is 0 Å². The largest absolute Gasteiger partial charge is 0.460 e. The summed E-state index contributed by atoms with van der Waals surface area (Å²) in [5.41, 5.74) is 2.75. The number of fused-ring (bicyclic) bond motifs is 2. The van der Waals surface area contributed by atoms with Crippen LogP contribution in [0.25, 0.3) is 22.1 Å². The van der Waals surface area contributed by atoms with Gasteiger partial charge in [0.15, 0.2) is 5.58 Å². The Balaban J connectivity index is 1.61. The van der Waals surface area contributed by atoms with Crippen LogP contribution in [0.5, 0.6) is 0 Å². The third-order valence-corrected chi connectivity index (χ3v) is 5.49. The van der Waals surface area contributed by atoms with Gasteiger partial charge >= 0.3 is 6.18 Å². The Morgan fingerprint density at radius 2 is 1.74 bits per heavy atom. The van der Waals surface area contributed by atoms with Crippen molar-refractivity contribution < 1.29 is 22.8 Å². The van der Waals surface area contributed by atoms with Gasteiger partial charge in [0.05, 0.1) is 28.9 Å². The van der Waals surface area contributed by atoms with Gasteiger partial charge in [0.2, 0.25) is 0 Å². The van der Waals surface area contributed by atoms with E-state index in [-0.39, 0.29) is 11.6 Å². The highest BCUT2D eigenvalue weighted by atomic mass is 19.4. The lowest BCUT2D eigenvalue weighted by atomic mass is 9.97. The van der Waals surface area contributed by atoms with Crippen molar-refractivity contribution in [2.75, 3.05) is 5.32 Å². The van der Waals surface area contributed by atoms with Crippen LogP contribution in [0, 0.1) is 0 Å². The van der Waals surface area contributed by atoms with E-state index >= 15 is 0 Å². The molecule has 0 saturated heterocycles. The molecule has 1 aliphatic carbocycles. The number of rotatable bonds is 3. The van der Waals surface area contributed by atoms with E-state index in [1.807, 2.05) is 24.3 Å². The number of oxime groups is 1. The van der Waals surface area contributed by atoms with Crippen LogP contribution in [0.3, 0.4) is 0 Å². The Morgan fingerprint density at radius 3 is 2.52 bits per heavy atom. The fourth-order valence-electron chi connectivity index (χ4n) is 4.15. The van der Waals surface area contributed by atoms with Crippen LogP contribution in [0.1, 0.15) is 16.7 Å².